The van der Waals surface area contributed by atoms with Gasteiger partial charge in [0.2, 0.25) is 0 Å². The molecule has 3 aromatic carbocycles. The van der Waals surface area contributed by atoms with Crippen LogP contribution in [0.3, 0.4) is 0 Å². The molecule has 0 spiro atoms. The molecule has 3 aromatic rings. The summed E-state index contributed by atoms with van der Waals surface area (Å²) in [7, 11) is 0. The van der Waals surface area contributed by atoms with E-state index in [1.54, 1.807) is 30.3 Å². The van der Waals surface area contributed by atoms with Crippen molar-refractivity contribution >= 4 is 0 Å². The summed E-state index contributed by atoms with van der Waals surface area (Å²) in [5, 5.41) is 0. The molecule has 1 aliphatic heterocycles. The smallest absolute Gasteiger partial charge is 0.166 e. The summed E-state index contributed by atoms with van der Waals surface area (Å²) in [6, 6.07) is 16.0. The van der Waals surface area contributed by atoms with Crippen molar-refractivity contribution in [1.29, 1.82) is 0 Å². The van der Waals surface area contributed by atoms with Gasteiger partial charge in [0.15, 0.2) is 11.6 Å². The van der Waals surface area contributed by atoms with E-state index >= 15 is 4.39 Å². The van der Waals surface area contributed by atoms with Crippen LogP contribution in [-0.4, -0.2) is 12.7 Å². The molecule has 0 N–H and O–H groups in total. The second-order valence-corrected chi connectivity index (χ2v) is 11.1. The Labute approximate surface area is 232 Å². The summed E-state index contributed by atoms with van der Waals surface area (Å²) in [5.41, 5.74) is 3.61. The molecule has 1 aliphatic rings. The van der Waals surface area contributed by atoms with E-state index < -0.39 is 11.6 Å². The maximum Gasteiger partial charge on any atom is 0.166 e. The van der Waals surface area contributed by atoms with Crippen LogP contribution >= 0.6 is 0 Å². The van der Waals surface area contributed by atoms with Gasteiger partial charge in [-0.2, -0.15) is 0 Å². The molecular weight excluding hydrogens is 493 g/mol. The van der Waals surface area contributed by atoms with Crippen LogP contribution in [0.5, 0.6) is 0 Å². The van der Waals surface area contributed by atoms with Gasteiger partial charge in [0.05, 0.1) is 12.7 Å². The van der Waals surface area contributed by atoms with E-state index in [9.17, 15) is 8.78 Å². The molecule has 1 nitrogen and oxygen atoms in total. The quantitative estimate of drug-likeness (QED) is 0.197. The molecule has 0 bridgehead atoms. The summed E-state index contributed by atoms with van der Waals surface area (Å²) >= 11 is 0. The predicted octanol–water partition coefficient (Wildman–Crippen LogP) is 10.8. The maximum absolute atomic E-state index is 15.1. The Kier molecular flexibility index (Phi) is 11.1. The number of hydrogen-bond donors (Lipinski definition) is 0. The molecular formula is C35H43F3O. The summed E-state index contributed by atoms with van der Waals surface area (Å²) in [6.45, 7) is 4.92. The van der Waals surface area contributed by atoms with Crippen LogP contribution in [0.4, 0.5) is 13.2 Å². The van der Waals surface area contributed by atoms with Gasteiger partial charge in [-0.3, -0.25) is 0 Å². The highest BCUT2D eigenvalue weighted by Gasteiger charge is 2.24. The van der Waals surface area contributed by atoms with Crippen molar-refractivity contribution in [3.63, 3.8) is 0 Å². The average molecular weight is 537 g/mol. The molecule has 1 fully saturated rings. The zero-order valence-corrected chi connectivity index (χ0v) is 23.6. The second kappa shape index (κ2) is 14.7. The van der Waals surface area contributed by atoms with Gasteiger partial charge < -0.3 is 4.74 Å². The number of ether oxygens (including phenoxy) is 1. The first-order valence-corrected chi connectivity index (χ1v) is 15.0. The van der Waals surface area contributed by atoms with Crippen LogP contribution in [0.2, 0.25) is 0 Å². The number of hydrogen-bond acceptors (Lipinski definition) is 1. The highest BCUT2D eigenvalue weighted by atomic mass is 19.2. The standard InChI is InChI=1S/C35H43F3O/c1-3-5-6-7-8-9-10-12-27-18-22-32(35(38)34(27)37)26-15-13-25(14-16-26)28-19-21-31(33(36)23-28)29-17-20-30(11-4-2)39-24-29/h13-16,18-19,21-23,29-30H,3-12,17,20,24H2,1-2H3. The topological polar surface area (TPSA) is 9.23 Å². The Hall–Kier alpha value is -2.59. The fourth-order valence-corrected chi connectivity index (χ4v) is 5.76. The first-order valence-electron chi connectivity index (χ1n) is 15.0. The molecule has 210 valence electrons. The number of aryl methyl sites for hydroxylation is 1. The first-order chi connectivity index (χ1) is 19.0. The minimum absolute atomic E-state index is 0.0844. The summed E-state index contributed by atoms with van der Waals surface area (Å²) in [5.74, 6) is -1.67. The van der Waals surface area contributed by atoms with Gasteiger partial charge in [-0.05, 0) is 66.0 Å². The van der Waals surface area contributed by atoms with Gasteiger partial charge in [0, 0.05) is 11.5 Å². The largest absolute Gasteiger partial charge is 0.378 e. The fourth-order valence-electron chi connectivity index (χ4n) is 5.76. The van der Waals surface area contributed by atoms with Gasteiger partial charge in [-0.25, -0.2) is 13.2 Å². The van der Waals surface area contributed by atoms with Crippen LogP contribution in [-0.2, 0) is 11.2 Å². The molecule has 0 aromatic heterocycles. The fraction of sp³-hybridized carbons (Fsp3) is 0.486. The van der Waals surface area contributed by atoms with Crippen molar-refractivity contribution in [1.82, 2.24) is 0 Å². The Morgan fingerprint density at radius 1 is 0.692 bits per heavy atom. The number of unbranched alkanes of at least 4 members (excludes halogenated alkanes) is 6. The number of halogens is 3. The lowest BCUT2D eigenvalue weighted by Gasteiger charge is -2.29. The monoisotopic (exact) mass is 536 g/mol. The summed E-state index contributed by atoms with van der Waals surface area (Å²) in [4.78, 5) is 0. The number of rotatable bonds is 13. The third-order valence-corrected chi connectivity index (χ3v) is 8.16. The lowest BCUT2D eigenvalue weighted by atomic mass is 9.89. The molecule has 39 heavy (non-hydrogen) atoms. The van der Waals surface area contributed by atoms with Crippen molar-refractivity contribution in [3.8, 4) is 22.3 Å². The SMILES string of the molecule is CCCCCCCCCc1ccc(-c2ccc(-c3ccc(C4CCC(CCC)OC4)c(F)c3)cc2)c(F)c1F. The lowest BCUT2D eigenvalue weighted by molar-refractivity contribution is -0.00172. The zero-order chi connectivity index (χ0) is 27.6. The Morgan fingerprint density at radius 2 is 1.38 bits per heavy atom. The van der Waals surface area contributed by atoms with Crippen LogP contribution in [0.1, 0.15) is 102 Å². The third kappa shape index (κ3) is 7.75. The molecule has 4 heteroatoms. The van der Waals surface area contributed by atoms with E-state index in [4.69, 9.17) is 4.74 Å². The molecule has 0 aliphatic carbocycles. The number of benzene rings is 3. The molecule has 1 saturated heterocycles. The highest BCUT2D eigenvalue weighted by molar-refractivity contribution is 5.71. The Balaban J connectivity index is 1.38. The highest BCUT2D eigenvalue weighted by Crippen LogP contribution is 2.34. The van der Waals surface area contributed by atoms with E-state index in [0.29, 0.717) is 35.8 Å². The van der Waals surface area contributed by atoms with E-state index in [-0.39, 0.29) is 17.3 Å². The van der Waals surface area contributed by atoms with Crippen molar-refractivity contribution in [3.05, 3.63) is 83.2 Å². The van der Waals surface area contributed by atoms with Gasteiger partial charge in [-0.1, -0.05) is 107 Å². The molecule has 4 rings (SSSR count). The van der Waals surface area contributed by atoms with E-state index in [2.05, 4.69) is 13.8 Å². The molecule has 2 unspecified atom stereocenters. The van der Waals surface area contributed by atoms with Crippen LogP contribution in [0, 0.1) is 17.5 Å². The molecule has 1 heterocycles. The van der Waals surface area contributed by atoms with Crippen LogP contribution in [0.15, 0.2) is 54.6 Å². The van der Waals surface area contributed by atoms with Crippen molar-refractivity contribution < 1.29 is 17.9 Å². The second-order valence-electron chi connectivity index (χ2n) is 11.1. The first kappa shape index (κ1) is 29.4. The lowest BCUT2D eigenvalue weighted by Crippen LogP contribution is -2.25. The van der Waals surface area contributed by atoms with Gasteiger partial charge in [0.25, 0.3) is 0 Å². The normalized spacial score (nSPS) is 17.5. The van der Waals surface area contributed by atoms with Crippen LogP contribution in [0.25, 0.3) is 22.3 Å². The molecule has 0 radical (unpaired) electrons. The average Bonchev–Trinajstić information content (AvgIpc) is 2.95. The van der Waals surface area contributed by atoms with E-state index in [1.165, 1.54) is 25.7 Å². The minimum Gasteiger partial charge on any atom is -0.378 e. The molecule has 2 atom stereocenters. The van der Waals surface area contributed by atoms with E-state index in [0.717, 1.165) is 56.1 Å². The van der Waals surface area contributed by atoms with Gasteiger partial charge in [0.1, 0.15) is 5.82 Å². The maximum atomic E-state index is 15.1. The molecule has 0 amide bonds. The van der Waals surface area contributed by atoms with Crippen molar-refractivity contribution in [2.24, 2.45) is 0 Å². The Bertz CT molecular complexity index is 1180. The van der Waals surface area contributed by atoms with Crippen molar-refractivity contribution in [2.75, 3.05) is 6.61 Å². The minimum atomic E-state index is -0.797. The Morgan fingerprint density at radius 3 is 2.05 bits per heavy atom. The predicted molar refractivity (Wildman–Crippen MR) is 156 cm³/mol. The zero-order valence-electron chi connectivity index (χ0n) is 23.6. The van der Waals surface area contributed by atoms with Crippen LogP contribution < -0.4 is 0 Å². The third-order valence-electron chi connectivity index (χ3n) is 8.16. The molecule has 0 saturated carbocycles. The van der Waals surface area contributed by atoms with Gasteiger partial charge >= 0.3 is 0 Å². The van der Waals surface area contributed by atoms with Gasteiger partial charge in [-0.15, -0.1) is 0 Å². The van der Waals surface area contributed by atoms with Crippen molar-refractivity contribution in [2.45, 2.75) is 103 Å². The summed E-state index contributed by atoms with van der Waals surface area (Å²) in [6.07, 6.45) is 13.0. The van der Waals surface area contributed by atoms with E-state index in [1.807, 2.05) is 24.3 Å². The summed E-state index contributed by atoms with van der Waals surface area (Å²) < 4.78 is 50.9.